The highest BCUT2D eigenvalue weighted by Crippen LogP contribution is 2.16. The molecule has 0 saturated heterocycles. The Morgan fingerprint density at radius 3 is 2.27 bits per heavy atom. The first-order chi connectivity index (χ1) is 6.90. The summed E-state index contributed by atoms with van der Waals surface area (Å²) in [6, 6.07) is -0.643. The summed E-state index contributed by atoms with van der Waals surface area (Å²) in [4.78, 5) is 12.1. The highest BCUT2D eigenvalue weighted by atomic mass is 19.4. The van der Waals surface area contributed by atoms with Crippen molar-refractivity contribution in [3.8, 4) is 0 Å². The van der Waals surface area contributed by atoms with Crippen molar-refractivity contribution in [3.63, 3.8) is 0 Å². The van der Waals surface area contributed by atoms with Crippen LogP contribution >= 0.6 is 0 Å². The Bertz CT molecular complexity index is 194. The minimum absolute atomic E-state index is 0.120. The van der Waals surface area contributed by atoms with Crippen LogP contribution in [0.25, 0.3) is 0 Å². The third kappa shape index (κ3) is 7.04. The van der Waals surface area contributed by atoms with Gasteiger partial charge in [-0.05, 0) is 12.8 Å². The lowest BCUT2D eigenvalue weighted by Gasteiger charge is -2.23. The molecule has 0 aromatic rings. The van der Waals surface area contributed by atoms with Gasteiger partial charge in [-0.25, -0.2) is 4.79 Å². The van der Waals surface area contributed by atoms with Crippen LogP contribution in [0.2, 0.25) is 0 Å². The maximum atomic E-state index is 12.1. The zero-order valence-electron chi connectivity index (χ0n) is 9.02. The van der Waals surface area contributed by atoms with Crippen LogP contribution in [0, 0.1) is 0 Å². The molecule has 0 spiro atoms. The number of hydrogen-bond acceptors (Lipinski definition) is 1. The zero-order chi connectivity index (χ0) is 11.9. The molecule has 90 valence electrons. The lowest BCUT2D eigenvalue weighted by atomic mass is 10.4. The van der Waals surface area contributed by atoms with E-state index in [-0.39, 0.29) is 6.54 Å². The Balaban J connectivity index is 4.18. The van der Waals surface area contributed by atoms with Crippen LogP contribution in [0.1, 0.15) is 26.7 Å². The summed E-state index contributed by atoms with van der Waals surface area (Å²) in [6.45, 7) is 2.91. The number of amides is 2. The molecule has 1 N–H and O–H groups in total. The summed E-state index contributed by atoms with van der Waals surface area (Å²) in [5, 5.41) is 2.43. The lowest BCUT2D eigenvalue weighted by Crippen LogP contribution is -2.45. The molecule has 0 heterocycles. The fraction of sp³-hybridized carbons (Fsp3) is 0.889. The smallest absolute Gasteiger partial charge is 0.338 e. The second kappa shape index (κ2) is 6.53. The van der Waals surface area contributed by atoms with E-state index in [0.29, 0.717) is 19.4 Å². The number of carbonyl (C=O) groups excluding carboxylic acids is 1. The van der Waals surface area contributed by atoms with Gasteiger partial charge in [0.15, 0.2) is 0 Å². The van der Waals surface area contributed by atoms with Gasteiger partial charge in [0.1, 0.15) is 6.54 Å². The van der Waals surface area contributed by atoms with Gasteiger partial charge in [-0.1, -0.05) is 13.8 Å². The van der Waals surface area contributed by atoms with Crippen LogP contribution < -0.4 is 5.32 Å². The SMILES string of the molecule is CCCNC(=O)N(CCC)CC(F)(F)F. The standard InChI is InChI=1S/C9H17F3N2O/c1-3-5-13-8(15)14(6-4-2)7-9(10,11)12/h3-7H2,1-2H3,(H,13,15). The zero-order valence-corrected chi connectivity index (χ0v) is 9.02. The first-order valence-electron chi connectivity index (χ1n) is 5.00. The van der Waals surface area contributed by atoms with Crippen molar-refractivity contribution in [1.29, 1.82) is 0 Å². The normalized spacial score (nSPS) is 11.3. The van der Waals surface area contributed by atoms with E-state index in [1.165, 1.54) is 0 Å². The molecule has 3 nitrogen and oxygen atoms in total. The fourth-order valence-electron chi connectivity index (χ4n) is 1.08. The summed E-state index contributed by atoms with van der Waals surface area (Å²) in [5.74, 6) is 0. The Kier molecular flexibility index (Phi) is 6.12. The molecule has 0 aliphatic rings. The Morgan fingerprint density at radius 1 is 1.27 bits per heavy atom. The molecule has 0 saturated carbocycles. The van der Waals surface area contributed by atoms with Gasteiger partial charge >= 0.3 is 12.2 Å². The molecule has 0 radical (unpaired) electrons. The van der Waals surface area contributed by atoms with Crippen LogP contribution in [0.3, 0.4) is 0 Å². The molecule has 0 aromatic carbocycles. The van der Waals surface area contributed by atoms with Gasteiger partial charge in [0.2, 0.25) is 0 Å². The maximum absolute atomic E-state index is 12.1. The Hall–Kier alpha value is -0.940. The van der Waals surface area contributed by atoms with Crippen molar-refractivity contribution in [1.82, 2.24) is 10.2 Å². The predicted molar refractivity (Wildman–Crippen MR) is 51.6 cm³/mol. The number of halogens is 3. The van der Waals surface area contributed by atoms with Gasteiger partial charge in [-0.3, -0.25) is 0 Å². The van der Waals surface area contributed by atoms with Crippen molar-refractivity contribution in [2.24, 2.45) is 0 Å². The quantitative estimate of drug-likeness (QED) is 0.767. The summed E-state index contributed by atoms with van der Waals surface area (Å²) >= 11 is 0. The molecule has 0 atom stereocenters. The van der Waals surface area contributed by atoms with Gasteiger partial charge in [-0.2, -0.15) is 13.2 Å². The summed E-state index contributed by atoms with van der Waals surface area (Å²) in [6.07, 6.45) is -3.12. The number of carbonyl (C=O) groups is 1. The van der Waals surface area contributed by atoms with Crippen LogP contribution in [0.15, 0.2) is 0 Å². The third-order valence-electron chi connectivity index (χ3n) is 1.68. The first kappa shape index (κ1) is 14.1. The van der Waals surface area contributed by atoms with E-state index in [2.05, 4.69) is 5.32 Å². The highest BCUT2D eigenvalue weighted by molar-refractivity contribution is 5.74. The topological polar surface area (TPSA) is 32.3 Å². The molecular formula is C9H17F3N2O. The van der Waals surface area contributed by atoms with Crippen molar-refractivity contribution < 1.29 is 18.0 Å². The van der Waals surface area contributed by atoms with E-state index in [9.17, 15) is 18.0 Å². The summed E-state index contributed by atoms with van der Waals surface area (Å²) in [5.41, 5.74) is 0. The van der Waals surface area contributed by atoms with Crippen molar-refractivity contribution in [3.05, 3.63) is 0 Å². The molecule has 0 aliphatic carbocycles. The average molecular weight is 226 g/mol. The third-order valence-corrected chi connectivity index (χ3v) is 1.68. The van der Waals surface area contributed by atoms with Crippen LogP contribution in [0.4, 0.5) is 18.0 Å². The molecule has 0 bridgehead atoms. The van der Waals surface area contributed by atoms with Crippen LogP contribution in [-0.2, 0) is 0 Å². The number of urea groups is 1. The summed E-state index contributed by atoms with van der Waals surface area (Å²) < 4.78 is 36.3. The van der Waals surface area contributed by atoms with Crippen LogP contribution in [-0.4, -0.2) is 36.7 Å². The highest BCUT2D eigenvalue weighted by Gasteiger charge is 2.32. The minimum atomic E-state index is -4.33. The van der Waals surface area contributed by atoms with Crippen LogP contribution in [0.5, 0.6) is 0 Å². The fourth-order valence-corrected chi connectivity index (χ4v) is 1.08. The van der Waals surface area contributed by atoms with Gasteiger partial charge in [0.25, 0.3) is 0 Å². The van der Waals surface area contributed by atoms with Crippen molar-refractivity contribution in [2.45, 2.75) is 32.9 Å². The number of nitrogens with one attached hydrogen (secondary N) is 1. The molecule has 0 unspecified atom stereocenters. The van der Waals surface area contributed by atoms with Gasteiger partial charge in [-0.15, -0.1) is 0 Å². The molecule has 15 heavy (non-hydrogen) atoms. The molecule has 0 fully saturated rings. The maximum Gasteiger partial charge on any atom is 0.406 e. The largest absolute Gasteiger partial charge is 0.406 e. The lowest BCUT2D eigenvalue weighted by molar-refractivity contribution is -0.140. The van der Waals surface area contributed by atoms with Crippen molar-refractivity contribution >= 4 is 6.03 Å². The molecule has 0 aromatic heterocycles. The molecule has 0 aliphatic heterocycles. The van der Waals surface area contributed by atoms with E-state index in [4.69, 9.17) is 0 Å². The Labute approximate surface area is 87.6 Å². The molecule has 2 amide bonds. The predicted octanol–water partition coefficient (Wildman–Crippen LogP) is 2.38. The number of alkyl halides is 3. The minimum Gasteiger partial charge on any atom is -0.338 e. The van der Waals surface area contributed by atoms with E-state index in [0.717, 1.165) is 4.90 Å². The average Bonchev–Trinajstić information content (AvgIpc) is 2.11. The first-order valence-corrected chi connectivity index (χ1v) is 5.00. The Morgan fingerprint density at radius 2 is 1.87 bits per heavy atom. The van der Waals surface area contributed by atoms with E-state index >= 15 is 0 Å². The number of nitrogens with zero attached hydrogens (tertiary/aromatic N) is 1. The van der Waals surface area contributed by atoms with Gasteiger partial charge < -0.3 is 10.2 Å². The van der Waals surface area contributed by atoms with Gasteiger partial charge in [0, 0.05) is 13.1 Å². The second-order valence-electron chi connectivity index (χ2n) is 3.27. The van der Waals surface area contributed by atoms with E-state index in [1.807, 2.05) is 6.92 Å². The van der Waals surface area contributed by atoms with Gasteiger partial charge in [0.05, 0.1) is 0 Å². The second-order valence-corrected chi connectivity index (χ2v) is 3.27. The number of rotatable bonds is 5. The molecule has 6 heteroatoms. The summed E-state index contributed by atoms with van der Waals surface area (Å²) in [7, 11) is 0. The van der Waals surface area contributed by atoms with E-state index in [1.54, 1.807) is 6.92 Å². The molecule has 0 rings (SSSR count). The number of hydrogen-bond donors (Lipinski definition) is 1. The monoisotopic (exact) mass is 226 g/mol. The van der Waals surface area contributed by atoms with E-state index < -0.39 is 18.8 Å². The van der Waals surface area contributed by atoms with Crippen molar-refractivity contribution in [2.75, 3.05) is 19.6 Å². The molecular weight excluding hydrogens is 209 g/mol.